The van der Waals surface area contributed by atoms with Crippen LogP contribution in [0.3, 0.4) is 0 Å². The summed E-state index contributed by atoms with van der Waals surface area (Å²) in [6, 6.07) is 1.41. The van der Waals surface area contributed by atoms with Crippen molar-refractivity contribution in [3.05, 3.63) is 17.5 Å². The number of nitrogens with one attached hydrogen (secondary N) is 2. The van der Waals surface area contributed by atoms with Gasteiger partial charge in [0.05, 0.1) is 6.54 Å². The van der Waals surface area contributed by atoms with Gasteiger partial charge in [-0.2, -0.15) is 5.10 Å². The summed E-state index contributed by atoms with van der Waals surface area (Å²) in [4.78, 5) is 64.4. The Hall–Kier alpha value is -3.24. The minimum Gasteiger partial charge on any atom is -0.349 e. The van der Waals surface area contributed by atoms with Crippen molar-refractivity contribution in [1.82, 2.24) is 30.2 Å². The van der Waals surface area contributed by atoms with Gasteiger partial charge < -0.3 is 15.5 Å². The fourth-order valence-electron chi connectivity index (χ4n) is 5.64. The summed E-state index contributed by atoms with van der Waals surface area (Å²) in [5.74, 6) is -1.35. The van der Waals surface area contributed by atoms with E-state index in [-0.39, 0.29) is 66.1 Å². The van der Waals surface area contributed by atoms with E-state index in [1.54, 1.807) is 9.58 Å². The van der Waals surface area contributed by atoms with Gasteiger partial charge in [0, 0.05) is 50.0 Å². The lowest BCUT2D eigenvalue weighted by Crippen LogP contribution is -2.52. The largest absolute Gasteiger partial charge is 0.349 e. The van der Waals surface area contributed by atoms with Gasteiger partial charge in [-0.25, -0.2) is 0 Å². The molecule has 0 bridgehead atoms. The van der Waals surface area contributed by atoms with Crippen LogP contribution < -0.4 is 10.6 Å². The molecular formula is C22H28N6O5. The van der Waals surface area contributed by atoms with Crippen LogP contribution in [0.2, 0.25) is 0 Å². The molecule has 5 rings (SSSR count). The predicted molar refractivity (Wildman–Crippen MR) is 114 cm³/mol. The van der Waals surface area contributed by atoms with Gasteiger partial charge in [0.1, 0.15) is 12.2 Å². The van der Waals surface area contributed by atoms with E-state index in [0.29, 0.717) is 31.9 Å². The van der Waals surface area contributed by atoms with E-state index in [1.165, 1.54) is 6.07 Å². The lowest BCUT2D eigenvalue weighted by Gasteiger charge is -2.41. The van der Waals surface area contributed by atoms with Crippen LogP contribution in [-0.4, -0.2) is 81.3 Å². The number of aromatic nitrogens is 2. The maximum Gasteiger partial charge on any atom is 0.272 e. The fourth-order valence-corrected chi connectivity index (χ4v) is 5.64. The molecule has 1 aliphatic carbocycles. The van der Waals surface area contributed by atoms with Crippen LogP contribution >= 0.6 is 0 Å². The SMILES string of the molecule is O=C(NC1CCCCC12CCN(C(=O)CN1C(=O)CCC1=O)C2)c1cc2n(n1)CCNC2=O. The van der Waals surface area contributed by atoms with E-state index in [0.717, 1.165) is 37.0 Å². The van der Waals surface area contributed by atoms with Gasteiger partial charge in [-0.3, -0.25) is 33.6 Å². The first kappa shape index (κ1) is 21.6. The molecule has 1 saturated carbocycles. The van der Waals surface area contributed by atoms with Gasteiger partial charge in [-0.1, -0.05) is 12.8 Å². The Kier molecular flexibility index (Phi) is 5.41. The molecule has 2 unspecified atom stereocenters. The molecule has 2 atom stereocenters. The highest BCUT2D eigenvalue weighted by atomic mass is 16.2. The number of likely N-dealkylation sites (tertiary alicyclic amines) is 2. The average Bonchev–Trinajstić information content (AvgIpc) is 3.50. The van der Waals surface area contributed by atoms with Crippen molar-refractivity contribution in [3.63, 3.8) is 0 Å². The molecule has 1 aromatic heterocycles. The predicted octanol–water partition coefficient (Wildman–Crippen LogP) is -0.333. The van der Waals surface area contributed by atoms with Gasteiger partial charge in [-0.15, -0.1) is 0 Å². The second-order valence-electron chi connectivity index (χ2n) is 9.47. The molecule has 5 amide bonds. The van der Waals surface area contributed by atoms with Crippen molar-refractivity contribution >= 4 is 29.5 Å². The van der Waals surface area contributed by atoms with E-state index in [1.807, 2.05) is 0 Å². The van der Waals surface area contributed by atoms with Gasteiger partial charge in [-0.05, 0) is 19.3 Å². The number of carbonyl (C=O) groups excluding carboxylic acids is 5. The lowest BCUT2D eigenvalue weighted by molar-refractivity contribution is -0.145. The maximum atomic E-state index is 13.0. The summed E-state index contributed by atoms with van der Waals surface area (Å²) < 4.78 is 1.56. The molecule has 176 valence electrons. The molecule has 1 spiro atoms. The molecule has 0 radical (unpaired) electrons. The molecule has 0 aromatic carbocycles. The number of amides is 5. The molecule has 11 heteroatoms. The molecule has 1 aromatic rings. The molecule has 4 heterocycles. The third-order valence-electron chi connectivity index (χ3n) is 7.50. The van der Waals surface area contributed by atoms with Crippen LogP contribution in [0.1, 0.15) is 65.9 Å². The van der Waals surface area contributed by atoms with Crippen molar-refractivity contribution in [2.75, 3.05) is 26.2 Å². The first-order valence-corrected chi connectivity index (χ1v) is 11.6. The molecule has 2 N–H and O–H groups in total. The summed E-state index contributed by atoms with van der Waals surface area (Å²) in [6.45, 7) is 1.85. The smallest absolute Gasteiger partial charge is 0.272 e. The zero-order chi connectivity index (χ0) is 23.2. The number of imide groups is 1. The molecule has 3 aliphatic heterocycles. The minimum absolute atomic E-state index is 0.112. The maximum absolute atomic E-state index is 13.0. The fraction of sp³-hybridized carbons (Fsp3) is 0.636. The highest BCUT2D eigenvalue weighted by Gasteiger charge is 2.48. The Morgan fingerprint density at radius 1 is 1.12 bits per heavy atom. The van der Waals surface area contributed by atoms with E-state index in [4.69, 9.17) is 0 Å². The second kappa shape index (κ2) is 8.27. The lowest BCUT2D eigenvalue weighted by atomic mass is 9.69. The Morgan fingerprint density at radius 3 is 2.67 bits per heavy atom. The quantitative estimate of drug-likeness (QED) is 0.596. The van der Waals surface area contributed by atoms with Crippen LogP contribution in [0.15, 0.2) is 6.07 Å². The minimum atomic E-state index is -0.311. The Labute approximate surface area is 190 Å². The van der Waals surface area contributed by atoms with Crippen LogP contribution in [0.25, 0.3) is 0 Å². The second-order valence-corrected chi connectivity index (χ2v) is 9.47. The molecule has 2 saturated heterocycles. The molecule has 33 heavy (non-hydrogen) atoms. The van der Waals surface area contributed by atoms with Crippen LogP contribution in [0.4, 0.5) is 0 Å². The number of carbonyl (C=O) groups is 5. The summed E-state index contributed by atoms with van der Waals surface area (Å²) in [5.41, 5.74) is 0.368. The highest BCUT2D eigenvalue weighted by Crippen LogP contribution is 2.44. The summed E-state index contributed by atoms with van der Waals surface area (Å²) >= 11 is 0. The van der Waals surface area contributed by atoms with Crippen molar-refractivity contribution in [1.29, 1.82) is 0 Å². The summed E-state index contributed by atoms with van der Waals surface area (Å²) in [5, 5.41) is 10.2. The number of hydrogen-bond acceptors (Lipinski definition) is 6. The highest BCUT2D eigenvalue weighted by molar-refractivity contribution is 6.04. The third-order valence-corrected chi connectivity index (χ3v) is 7.50. The number of hydrogen-bond donors (Lipinski definition) is 2. The molecular weight excluding hydrogens is 428 g/mol. The van der Waals surface area contributed by atoms with Crippen molar-refractivity contribution in [2.45, 2.75) is 57.5 Å². The van der Waals surface area contributed by atoms with Crippen LogP contribution in [-0.2, 0) is 20.9 Å². The first-order chi connectivity index (χ1) is 15.9. The Bertz CT molecular complexity index is 1020. The van der Waals surface area contributed by atoms with Crippen molar-refractivity contribution in [2.24, 2.45) is 5.41 Å². The van der Waals surface area contributed by atoms with Crippen molar-refractivity contribution in [3.8, 4) is 0 Å². The Morgan fingerprint density at radius 2 is 1.91 bits per heavy atom. The van der Waals surface area contributed by atoms with Gasteiger partial charge in [0.2, 0.25) is 17.7 Å². The molecule has 3 fully saturated rings. The number of fused-ring (bicyclic) bond motifs is 1. The van der Waals surface area contributed by atoms with E-state index >= 15 is 0 Å². The average molecular weight is 457 g/mol. The van der Waals surface area contributed by atoms with Gasteiger partial charge >= 0.3 is 0 Å². The monoisotopic (exact) mass is 456 g/mol. The van der Waals surface area contributed by atoms with Gasteiger partial charge in [0.15, 0.2) is 5.69 Å². The normalized spacial score (nSPS) is 27.2. The van der Waals surface area contributed by atoms with E-state index in [2.05, 4.69) is 15.7 Å². The van der Waals surface area contributed by atoms with E-state index in [9.17, 15) is 24.0 Å². The Balaban J connectivity index is 1.26. The van der Waals surface area contributed by atoms with Crippen LogP contribution in [0.5, 0.6) is 0 Å². The number of nitrogens with zero attached hydrogens (tertiary/aromatic N) is 4. The molecule has 4 aliphatic rings. The molecule has 11 nitrogen and oxygen atoms in total. The zero-order valence-corrected chi connectivity index (χ0v) is 18.5. The topological polar surface area (TPSA) is 134 Å². The summed E-state index contributed by atoms with van der Waals surface area (Å²) in [7, 11) is 0. The van der Waals surface area contributed by atoms with Crippen molar-refractivity contribution < 1.29 is 24.0 Å². The number of rotatable bonds is 4. The van der Waals surface area contributed by atoms with Gasteiger partial charge in [0.25, 0.3) is 11.8 Å². The zero-order valence-electron chi connectivity index (χ0n) is 18.5. The van der Waals surface area contributed by atoms with E-state index < -0.39 is 0 Å². The third kappa shape index (κ3) is 3.89. The standard InChI is InChI=1S/C22H28N6O5/c29-17-4-5-18(30)27(17)12-19(31)26-9-7-22(13-26)6-2-1-3-16(22)24-20(32)14-11-15-21(33)23-8-10-28(15)25-14/h11,16H,1-10,12-13H2,(H,23,33)(H,24,32). The first-order valence-electron chi connectivity index (χ1n) is 11.6. The summed E-state index contributed by atoms with van der Waals surface area (Å²) in [6.07, 6.45) is 4.81. The van der Waals surface area contributed by atoms with Crippen LogP contribution in [0, 0.1) is 5.41 Å².